The second kappa shape index (κ2) is 10.4. The van der Waals surface area contributed by atoms with Gasteiger partial charge in [-0.1, -0.05) is 36.4 Å². The van der Waals surface area contributed by atoms with Crippen LogP contribution < -0.4 is 5.32 Å². The van der Waals surface area contributed by atoms with Crippen LogP contribution in [0.15, 0.2) is 54.7 Å². The third-order valence-electron chi connectivity index (χ3n) is 6.37. The van der Waals surface area contributed by atoms with Crippen LogP contribution in [0.2, 0.25) is 0 Å². The Bertz CT molecular complexity index is 1080. The Morgan fingerprint density at radius 3 is 2.75 bits per heavy atom. The number of halogens is 1. The minimum absolute atomic E-state index is 0.0731. The Labute approximate surface area is 188 Å². The first kappa shape index (κ1) is 22.1. The first-order valence-electron chi connectivity index (χ1n) is 11.4. The molecule has 3 aromatic rings. The average Bonchev–Trinajstić information content (AvgIpc) is 3.24. The van der Waals surface area contributed by atoms with Crippen molar-refractivity contribution in [3.05, 3.63) is 71.7 Å². The van der Waals surface area contributed by atoms with Gasteiger partial charge in [-0.05, 0) is 49.3 Å². The third-order valence-corrected chi connectivity index (χ3v) is 6.37. The molecule has 0 bridgehead atoms. The predicted octanol–water partition coefficient (Wildman–Crippen LogP) is 4.57. The van der Waals surface area contributed by atoms with E-state index in [0.29, 0.717) is 30.9 Å². The highest BCUT2D eigenvalue weighted by Crippen LogP contribution is 2.23. The molecule has 0 saturated carbocycles. The van der Waals surface area contributed by atoms with Crippen molar-refractivity contribution in [1.29, 1.82) is 0 Å². The summed E-state index contributed by atoms with van der Waals surface area (Å²) in [5.74, 6) is 0.141. The van der Waals surface area contributed by atoms with Crippen LogP contribution >= 0.6 is 0 Å². The molecule has 0 radical (unpaired) electrons. The van der Waals surface area contributed by atoms with Crippen LogP contribution in [0.4, 0.5) is 4.39 Å². The number of piperidine rings is 1. The number of carbonyl (C=O) groups excluding carboxylic acids is 2. The van der Waals surface area contributed by atoms with Gasteiger partial charge in [0.25, 0.3) is 0 Å². The first-order chi connectivity index (χ1) is 15.6. The summed E-state index contributed by atoms with van der Waals surface area (Å²) in [5.41, 5.74) is 2.76. The number of H-pyrrole nitrogens is 1. The maximum absolute atomic E-state index is 13.7. The monoisotopic (exact) mass is 435 g/mol. The standard InChI is InChI=1S/C26H30FN3O2/c27-23-9-3-1-7-21(23)17-29-25(31)13-11-19-6-5-15-30(18-19)26(32)14-12-20-16-28-24-10-4-2-8-22(20)24/h1-4,7-10,16,19,28H,5-6,11-15,17-18H2,(H,29,31). The van der Waals surface area contributed by atoms with Crippen molar-refractivity contribution in [3.8, 4) is 0 Å². The van der Waals surface area contributed by atoms with E-state index in [9.17, 15) is 14.0 Å². The molecule has 32 heavy (non-hydrogen) atoms. The van der Waals surface area contributed by atoms with E-state index in [1.54, 1.807) is 18.2 Å². The number of para-hydroxylation sites is 1. The minimum Gasteiger partial charge on any atom is -0.361 e. The molecule has 2 aromatic carbocycles. The van der Waals surface area contributed by atoms with Gasteiger partial charge in [0.2, 0.25) is 11.8 Å². The quantitative estimate of drug-likeness (QED) is 0.544. The molecule has 2 heterocycles. The molecule has 2 amide bonds. The summed E-state index contributed by atoms with van der Waals surface area (Å²) in [5, 5.41) is 3.98. The van der Waals surface area contributed by atoms with Gasteiger partial charge in [-0.2, -0.15) is 0 Å². The second-order valence-corrected chi connectivity index (χ2v) is 8.61. The molecule has 1 fully saturated rings. The van der Waals surface area contributed by atoms with Crippen molar-refractivity contribution in [2.24, 2.45) is 5.92 Å². The number of likely N-dealkylation sites (tertiary alicyclic amines) is 1. The number of hydrogen-bond donors (Lipinski definition) is 2. The van der Waals surface area contributed by atoms with Crippen molar-refractivity contribution < 1.29 is 14.0 Å². The molecule has 5 nitrogen and oxygen atoms in total. The number of hydrogen-bond acceptors (Lipinski definition) is 2. The third kappa shape index (κ3) is 5.55. The molecule has 1 saturated heterocycles. The normalized spacial score (nSPS) is 16.3. The summed E-state index contributed by atoms with van der Waals surface area (Å²) in [6.07, 6.45) is 6.37. The Morgan fingerprint density at radius 1 is 1.06 bits per heavy atom. The fourth-order valence-corrected chi connectivity index (χ4v) is 4.52. The largest absolute Gasteiger partial charge is 0.361 e. The average molecular weight is 436 g/mol. The second-order valence-electron chi connectivity index (χ2n) is 8.61. The number of aryl methyl sites for hydroxylation is 1. The maximum Gasteiger partial charge on any atom is 0.222 e. The molecule has 4 rings (SSSR count). The summed E-state index contributed by atoms with van der Waals surface area (Å²) in [4.78, 5) is 30.2. The predicted molar refractivity (Wildman–Crippen MR) is 123 cm³/mol. The molecule has 168 valence electrons. The SMILES string of the molecule is O=C(CCC1CCCN(C(=O)CCc2c[nH]c3ccccc23)C1)NCc1ccccc1F. The van der Waals surface area contributed by atoms with Gasteiger partial charge >= 0.3 is 0 Å². The maximum atomic E-state index is 13.7. The molecular weight excluding hydrogens is 405 g/mol. The van der Waals surface area contributed by atoms with E-state index in [1.807, 2.05) is 29.3 Å². The smallest absolute Gasteiger partial charge is 0.222 e. The van der Waals surface area contributed by atoms with Crippen LogP contribution in [0, 0.1) is 11.7 Å². The lowest BCUT2D eigenvalue weighted by atomic mass is 9.93. The van der Waals surface area contributed by atoms with E-state index < -0.39 is 0 Å². The van der Waals surface area contributed by atoms with Gasteiger partial charge in [0.1, 0.15) is 5.82 Å². The number of amides is 2. The molecule has 2 N–H and O–H groups in total. The van der Waals surface area contributed by atoms with E-state index in [1.165, 1.54) is 17.0 Å². The van der Waals surface area contributed by atoms with Gasteiger partial charge in [0, 0.05) is 55.1 Å². The molecular formula is C26H30FN3O2. The number of nitrogens with one attached hydrogen (secondary N) is 2. The van der Waals surface area contributed by atoms with E-state index in [2.05, 4.69) is 16.4 Å². The molecule has 1 atom stereocenters. The molecule has 1 aliphatic rings. The number of aromatic nitrogens is 1. The Morgan fingerprint density at radius 2 is 1.88 bits per heavy atom. The van der Waals surface area contributed by atoms with Crippen LogP contribution in [0.5, 0.6) is 0 Å². The molecule has 0 aliphatic carbocycles. The summed E-state index contributed by atoms with van der Waals surface area (Å²) in [7, 11) is 0. The van der Waals surface area contributed by atoms with Gasteiger partial charge in [0.15, 0.2) is 0 Å². The summed E-state index contributed by atoms with van der Waals surface area (Å²) < 4.78 is 13.7. The summed E-state index contributed by atoms with van der Waals surface area (Å²) in [6.45, 7) is 1.71. The summed E-state index contributed by atoms with van der Waals surface area (Å²) >= 11 is 0. The van der Waals surface area contributed by atoms with Gasteiger partial charge in [-0.25, -0.2) is 4.39 Å². The summed E-state index contributed by atoms with van der Waals surface area (Å²) in [6, 6.07) is 14.6. The van der Waals surface area contributed by atoms with Crippen molar-refractivity contribution >= 4 is 22.7 Å². The lowest BCUT2D eigenvalue weighted by Crippen LogP contribution is -2.40. The molecule has 1 aromatic heterocycles. The Hall–Kier alpha value is -3.15. The highest BCUT2D eigenvalue weighted by molar-refractivity contribution is 5.84. The highest BCUT2D eigenvalue weighted by atomic mass is 19.1. The fourth-order valence-electron chi connectivity index (χ4n) is 4.52. The lowest BCUT2D eigenvalue weighted by Gasteiger charge is -2.33. The topological polar surface area (TPSA) is 65.2 Å². The number of benzene rings is 2. The van der Waals surface area contributed by atoms with E-state index >= 15 is 0 Å². The molecule has 6 heteroatoms. The highest BCUT2D eigenvalue weighted by Gasteiger charge is 2.24. The van der Waals surface area contributed by atoms with Gasteiger partial charge in [0.05, 0.1) is 0 Å². The van der Waals surface area contributed by atoms with Crippen LogP contribution in [0.1, 0.15) is 43.2 Å². The molecule has 1 aliphatic heterocycles. The Kier molecular flexibility index (Phi) is 7.20. The fraction of sp³-hybridized carbons (Fsp3) is 0.385. The van der Waals surface area contributed by atoms with E-state index in [-0.39, 0.29) is 24.2 Å². The molecule has 1 unspecified atom stereocenters. The van der Waals surface area contributed by atoms with Crippen LogP contribution in [0.3, 0.4) is 0 Å². The van der Waals surface area contributed by atoms with Gasteiger partial charge in [-0.3, -0.25) is 9.59 Å². The first-order valence-corrected chi connectivity index (χ1v) is 11.4. The van der Waals surface area contributed by atoms with Crippen LogP contribution in [-0.4, -0.2) is 34.8 Å². The number of fused-ring (bicyclic) bond motifs is 1. The number of carbonyl (C=O) groups is 2. The van der Waals surface area contributed by atoms with Gasteiger partial charge in [-0.15, -0.1) is 0 Å². The van der Waals surface area contributed by atoms with Crippen LogP contribution in [-0.2, 0) is 22.6 Å². The minimum atomic E-state index is -0.304. The van der Waals surface area contributed by atoms with Crippen LogP contribution in [0.25, 0.3) is 10.9 Å². The molecule has 0 spiro atoms. The van der Waals surface area contributed by atoms with E-state index in [0.717, 1.165) is 37.7 Å². The zero-order valence-electron chi connectivity index (χ0n) is 18.3. The van der Waals surface area contributed by atoms with Crippen molar-refractivity contribution in [3.63, 3.8) is 0 Å². The van der Waals surface area contributed by atoms with Gasteiger partial charge < -0.3 is 15.2 Å². The van der Waals surface area contributed by atoms with Crippen molar-refractivity contribution in [2.45, 2.75) is 45.1 Å². The number of nitrogens with zero attached hydrogens (tertiary/aromatic N) is 1. The van der Waals surface area contributed by atoms with Crippen molar-refractivity contribution in [1.82, 2.24) is 15.2 Å². The van der Waals surface area contributed by atoms with Crippen molar-refractivity contribution in [2.75, 3.05) is 13.1 Å². The Balaban J connectivity index is 1.21. The zero-order valence-corrected chi connectivity index (χ0v) is 18.3. The number of aromatic amines is 1. The van der Waals surface area contributed by atoms with E-state index in [4.69, 9.17) is 0 Å². The zero-order chi connectivity index (χ0) is 22.3. The lowest BCUT2D eigenvalue weighted by molar-refractivity contribution is -0.133. The number of rotatable bonds is 8.